The zero-order valence-electron chi connectivity index (χ0n) is 9.51. The first-order valence-corrected chi connectivity index (χ1v) is 5.40. The van der Waals surface area contributed by atoms with Crippen LogP contribution in [0.2, 0.25) is 0 Å². The molecule has 1 rings (SSSR count). The third kappa shape index (κ3) is 3.65. The molecule has 2 heteroatoms. The van der Waals surface area contributed by atoms with E-state index in [4.69, 9.17) is 5.73 Å². The predicted octanol–water partition coefficient (Wildman–Crippen LogP) is 1.70. The van der Waals surface area contributed by atoms with Gasteiger partial charge < -0.3 is 10.6 Å². The van der Waals surface area contributed by atoms with E-state index in [1.165, 1.54) is 13.1 Å². The van der Waals surface area contributed by atoms with Crippen molar-refractivity contribution in [3.8, 4) is 0 Å². The summed E-state index contributed by atoms with van der Waals surface area (Å²) in [5.41, 5.74) is 5.95. The van der Waals surface area contributed by atoms with Crippen molar-refractivity contribution in [3.05, 3.63) is 0 Å². The highest BCUT2D eigenvalue weighted by atomic mass is 15.1. The van der Waals surface area contributed by atoms with Crippen LogP contribution in [0.1, 0.15) is 34.1 Å². The second-order valence-corrected chi connectivity index (χ2v) is 5.45. The Morgan fingerprint density at radius 1 is 1.23 bits per heavy atom. The fourth-order valence-corrected chi connectivity index (χ4v) is 1.88. The van der Waals surface area contributed by atoms with E-state index in [1.54, 1.807) is 0 Å². The highest BCUT2D eigenvalue weighted by Gasteiger charge is 2.26. The van der Waals surface area contributed by atoms with Gasteiger partial charge in [0.1, 0.15) is 0 Å². The number of likely N-dealkylation sites (tertiary alicyclic amines) is 1. The van der Waals surface area contributed by atoms with Gasteiger partial charge in [0.2, 0.25) is 0 Å². The molecule has 2 N–H and O–H groups in total. The molecule has 0 aromatic carbocycles. The van der Waals surface area contributed by atoms with Gasteiger partial charge in [-0.25, -0.2) is 0 Å². The molecule has 0 bridgehead atoms. The van der Waals surface area contributed by atoms with Crippen LogP contribution in [0, 0.1) is 11.8 Å². The van der Waals surface area contributed by atoms with Gasteiger partial charge in [-0.1, -0.05) is 13.8 Å². The number of hydrogen-bond acceptors (Lipinski definition) is 2. The summed E-state index contributed by atoms with van der Waals surface area (Å²) < 4.78 is 0. The Labute approximate surface area is 82.5 Å². The van der Waals surface area contributed by atoms with Gasteiger partial charge in [0.05, 0.1) is 0 Å². The van der Waals surface area contributed by atoms with Crippen LogP contribution in [-0.4, -0.2) is 30.1 Å². The Hall–Kier alpha value is -0.0800. The maximum Gasteiger partial charge on any atom is 0.0109 e. The molecule has 78 valence electrons. The summed E-state index contributed by atoms with van der Waals surface area (Å²) in [5.74, 6) is 1.72. The molecule has 0 saturated carbocycles. The fourth-order valence-electron chi connectivity index (χ4n) is 1.88. The highest BCUT2D eigenvalue weighted by Crippen LogP contribution is 2.22. The molecule has 1 saturated heterocycles. The molecule has 0 radical (unpaired) electrons. The molecule has 0 aromatic heterocycles. The van der Waals surface area contributed by atoms with E-state index < -0.39 is 0 Å². The molecule has 1 aliphatic rings. The number of nitrogens with zero attached hydrogens (tertiary/aromatic N) is 1. The van der Waals surface area contributed by atoms with Crippen LogP contribution in [0.3, 0.4) is 0 Å². The van der Waals surface area contributed by atoms with Crippen molar-refractivity contribution in [2.45, 2.75) is 39.7 Å². The second kappa shape index (κ2) is 3.97. The van der Waals surface area contributed by atoms with Crippen LogP contribution in [-0.2, 0) is 0 Å². The molecule has 1 aliphatic heterocycles. The zero-order chi connectivity index (χ0) is 10.1. The molecule has 2 nitrogen and oxygen atoms in total. The molecule has 13 heavy (non-hydrogen) atoms. The summed E-state index contributed by atoms with van der Waals surface area (Å²) >= 11 is 0. The lowest BCUT2D eigenvalue weighted by Gasteiger charge is -2.23. The summed E-state index contributed by atoms with van der Waals surface area (Å²) in [6.45, 7) is 12.6. The van der Waals surface area contributed by atoms with Gasteiger partial charge in [0, 0.05) is 18.6 Å². The van der Waals surface area contributed by atoms with Gasteiger partial charge in [0.25, 0.3) is 0 Å². The number of hydrogen-bond donors (Lipinski definition) is 1. The summed E-state index contributed by atoms with van der Waals surface area (Å²) in [4.78, 5) is 2.55. The van der Waals surface area contributed by atoms with Crippen LogP contribution in [0.4, 0.5) is 0 Å². The van der Waals surface area contributed by atoms with Crippen LogP contribution in [0.25, 0.3) is 0 Å². The molecule has 0 amide bonds. The third-order valence-corrected chi connectivity index (χ3v) is 3.14. The summed E-state index contributed by atoms with van der Waals surface area (Å²) in [6.07, 6.45) is 1.10. The van der Waals surface area contributed by atoms with E-state index in [0.717, 1.165) is 24.8 Å². The first kappa shape index (κ1) is 11.0. The van der Waals surface area contributed by atoms with Crippen molar-refractivity contribution in [2.75, 3.05) is 19.6 Å². The lowest BCUT2D eigenvalue weighted by molar-refractivity contribution is 0.287. The van der Waals surface area contributed by atoms with E-state index >= 15 is 0 Å². The van der Waals surface area contributed by atoms with E-state index in [2.05, 4.69) is 32.6 Å². The van der Waals surface area contributed by atoms with Gasteiger partial charge in [-0.3, -0.25) is 0 Å². The first-order chi connectivity index (χ1) is 5.88. The van der Waals surface area contributed by atoms with Crippen molar-refractivity contribution in [2.24, 2.45) is 17.6 Å². The molecule has 0 aromatic rings. The Balaban J connectivity index is 2.25. The van der Waals surface area contributed by atoms with E-state index in [1.807, 2.05) is 0 Å². The quantitative estimate of drug-likeness (QED) is 0.723. The van der Waals surface area contributed by atoms with Gasteiger partial charge >= 0.3 is 0 Å². The van der Waals surface area contributed by atoms with Crippen LogP contribution in [0.15, 0.2) is 0 Å². The fraction of sp³-hybridized carbons (Fsp3) is 1.00. The Bertz CT molecular complexity index is 150. The highest BCUT2D eigenvalue weighted by molar-refractivity contribution is 4.81. The van der Waals surface area contributed by atoms with Crippen LogP contribution >= 0.6 is 0 Å². The van der Waals surface area contributed by atoms with Crippen molar-refractivity contribution in [1.82, 2.24) is 4.90 Å². The summed E-state index contributed by atoms with van der Waals surface area (Å²) in [6, 6.07) is 0. The first-order valence-electron chi connectivity index (χ1n) is 5.40. The molecular formula is C11H24N2. The van der Waals surface area contributed by atoms with Crippen molar-refractivity contribution >= 4 is 0 Å². The smallest absolute Gasteiger partial charge is 0.0109 e. The monoisotopic (exact) mass is 184 g/mol. The number of nitrogens with two attached hydrogens (primary N) is 1. The minimum absolute atomic E-state index is 0.00489. The standard InChI is InChI=1S/C11H24N2/c1-9-7-13(8-10(9)2)6-5-11(3,4)12/h9-10H,5-8,12H2,1-4H3. The van der Waals surface area contributed by atoms with Crippen molar-refractivity contribution in [1.29, 1.82) is 0 Å². The topological polar surface area (TPSA) is 29.3 Å². The predicted molar refractivity (Wildman–Crippen MR) is 57.7 cm³/mol. The Kier molecular flexibility index (Phi) is 3.36. The second-order valence-electron chi connectivity index (χ2n) is 5.45. The number of rotatable bonds is 3. The van der Waals surface area contributed by atoms with Crippen molar-refractivity contribution < 1.29 is 0 Å². The summed E-state index contributed by atoms with van der Waals surface area (Å²) in [7, 11) is 0. The van der Waals surface area contributed by atoms with Gasteiger partial charge in [-0.05, 0) is 38.6 Å². The Morgan fingerprint density at radius 2 is 1.69 bits per heavy atom. The SMILES string of the molecule is CC1CN(CCC(C)(C)N)CC1C. The molecule has 2 atom stereocenters. The van der Waals surface area contributed by atoms with Crippen LogP contribution < -0.4 is 5.73 Å². The van der Waals surface area contributed by atoms with Gasteiger partial charge in [-0.2, -0.15) is 0 Å². The molecule has 1 fully saturated rings. The van der Waals surface area contributed by atoms with Gasteiger partial charge in [0.15, 0.2) is 0 Å². The third-order valence-electron chi connectivity index (χ3n) is 3.14. The molecule has 1 heterocycles. The molecule has 0 aliphatic carbocycles. The minimum atomic E-state index is -0.00489. The van der Waals surface area contributed by atoms with E-state index in [9.17, 15) is 0 Å². The van der Waals surface area contributed by atoms with Gasteiger partial charge in [-0.15, -0.1) is 0 Å². The Morgan fingerprint density at radius 3 is 2.08 bits per heavy atom. The molecular weight excluding hydrogens is 160 g/mol. The lowest BCUT2D eigenvalue weighted by Crippen LogP contribution is -2.36. The average molecular weight is 184 g/mol. The normalized spacial score (nSPS) is 31.2. The van der Waals surface area contributed by atoms with Crippen LogP contribution in [0.5, 0.6) is 0 Å². The maximum absolute atomic E-state index is 5.96. The largest absolute Gasteiger partial charge is 0.326 e. The molecule has 2 unspecified atom stereocenters. The summed E-state index contributed by atoms with van der Waals surface area (Å²) in [5, 5.41) is 0. The lowest BCUT2D eigenvalue weighted by atomic mass is 10.0. The minimum Gasteiger partial charge on any atom is -0.326 e. The van der Waals surface area contributed by atoms with E-state index in [-0.39, 0.29) is 5.54 Å². The van der Waals surface area contributed by atoms with E-state index in [0.29, 0.717) is 0 Å². The van der Waals surface area contributed by atoms with Crippen molar-refractivity contribution in [3.63, 3.8) is 0 Å². The zero-order valence-corrected chi connectivity index (χ0v) is 9.51. The molecule has 0 spiro atoms. The maximum atomic E-state index is 5.96. The average Bonchev–Trinajstić information content (AvgIpc) is 2.27.